The van der Waals surface area contributed by atoms with Crippen LogP contribution in [-0.2, 0) is 0 Å². The molecule has 0 aliphatic heterocycles. The third-order valence-electron chi connectivity index (χ3n) is 6.16. The highest BCUT2D eigenvalue weighted by molar-refractivity contribution is 6.74. The van der Waals surface area contributed by atoms with Crippen molar-refractivity contribution in [3.63, 3.8) is 0 Å². The van der Waals surface area contributed by atoms with Gasteiger partial charge in [-0.15, -0.1) is 0 Å². The van der Waals surface area contributed by atoms with E-state index in [2.05, 4.69) is 33.9 Å². The molecule has 144 valence electrons. The van der Waals surface area contributed by atoms with Crippen LogP contribution >= 0.6 is 0 Å². The second-order valence-corrected chi connectivity index (χ2v) is 13.7. The Hall–Kier alpha value is -2.59. The Morgan fingerprint density at radius 1 is 0.857 bits per heavy atom. The summed E-state index contributed by atoms with van der Waals surface area (Å²) in [6.45, 7) is 11.1. The van der Waals surface area contributed by atoms with E-state index >= 15 is 0 Å². The SMILES string of the molecule is COc1ccc2c3c(cc(O[Si](C)(C)C(C)(C)C)c2c1)C(=O)c1ccccc1-3. The smallest absolute Gasteiger partial charge is 0.250 e. The van der Waals surface area contributed by atoms with E-state index in [0.29, 0.717) is 0 Å². The summed E-state index contributed by atoms with van der Waals surface area (Å²) >= 11 is 0. The maximum absolute atomic E-state index is 13.1. The predicted octanol–water partition coefficient (Wildman–Crippen LogP) is 6.44. The molecule has 1 aliphatic carbocycles. The first-order valence-corrected chi connectivity index (χ1v) is 12.5. The number of ether oxygens (including phenoxy) is 1. The summed E-state index contributed by atoms with van der Waals surface area (Å²) in [7, 11) is -0.409. The Balaban J connectivity index is 2.02. The van der Waals surface area contributed by atoms with Gasteiger partial charge >= 0.3 is 0 Å². The van der Waals surface area contributed by atoms with Crippen molar-refractivity contribution in [2.24, 2.45) is 0 Å². The van der Waals surface area contributed by atoms with Crippen LogP contribution in [0.4, 0.5) is 0 Å². The Morgan fingerprint density at radius 2 is 1.54 bits per heavy atom. The van der Waals surface area contributed by atoms with Gasteiger partial charge in [-0.25, -0.2) is 0 Å². The molecule has 0 fully saturated rings. The molecule has 0 saturated heterocycles. The molecular weight excluding hydrogens is 364 g/mol. The van der Waals surface area contributed by atoms with Gasteiger partial charge in [-0.1, -0.05) is 45.0 Å². The monoisotopic (exact) mass is 390 g/mol. The summed E-state index contributed by atoms with van der Waals surface area (Å²) in [4.78, 5) is 13.1. The van der Waals surface area contributed by atoms with Gasteiger partial charge in [0.25, 0.3) is 8.32 Å². The van der Waals surface area contributed by atoms with Gasteiger partial charge in [0.2, 0.25) is 0 Å². The van der Waals surface area contributed by atoms with E-state index in [-0.39, 0.29) is 10.8 Å². The van der Waals surface area contributed by atoms with E-state index in [1.54, 1.807) is 7.11 Å². The molecule has 0 heterocycles. The summed E-state index contributed by atoms with van der Waals surface area (Å²) in [6.07, 6.45) is 0. The van der Waals surface area contributed by atoms with Crippen molar-refractivity contribution in [1.82, 2.24) is 0 Å². The average Bonchev–Trinajstić information content (AvgIpc) is 2.93. The van der Waals surface area contributed by atoms with Crippen molar-refractivity contribution >= 4 is 24.9 Å². The van der Waals surface area contributed by atoms with Crippen molar-refractivity contribution in [2.45, 2.75) is 38.9 Å². The Bertz CT molecular complexity index is 1110. The summed E-state index contributed by atoms with van der Waals surface area (Å²) in [5, 5.41) is 2.09. The van der Waals surface area contributed by atoms with Crippen LogP contribution in [0.2, 0.25) is 18.1 Å². The number of carbonyl (C=O) groups excluding carboxylic acids is 1. The van der Waals surface area contributed by atoms with Crippen LogP contribution in [0.15, 0.2) is 48.5 Å². The Morgan fingerprint density at radius 3 is 2.18 bits per heavy atom. The zero-order chi connectivity index (χ0) is 20.3. The van der Waals surface area contributed by atoms with Gasteiger partial charge in [-0.05, 0) is 53.3 Å². The van der Waals surface area contributed by atoms with Crippen LogP contribution in [0.3, 0.4) is 0 Å². The second-order valence-electron chi connectivity index (χ2n) is 8.95. The standard InChI is InChI=1S/C24H26O3Si/c1-24(2,3)28(5,6)27-21-14-20-22(16-9-7-8-10-18(16)23(20)25)17-12-11-15(26-4)13-19(17)21/h7-14H,1-6H3. The van der Waals surface area contributed by atoms with Gasteiger partial charge in [0.1, 0.15) is 11.5 Å². The minimum absolute atomic E-state index is 0.0597. The van der Waals surface area contributed by atoms with Crippen molar-refractivity contribution in [3.05, 3.63) is 59.7 Å². The number of carbonyl (C=O) groups is 1. The molecular formula is C24H26O3Si. The largest absolute Gasteiger partial charge is 0.543 e. The van der Waals surface area contributed by atoms with Gasteiger partial charge in [0.05, 0.1) is 7.11 Å². The number of hydrogen-bond acceptors (Lipinski definition) is 3. The van der Waals surface area contributed by atoms with E-state index < -0.39 is 8.32 Å². The molecule has 3 aromatic carbocycles. The maximum atomic E-state index is 13.1. The lowest BCUT2D eigenvalue weighted by Gasteiger charge is -2.37. The van der Waals surface area contributed by atoms with E-state index in [1.165, 1.54) is 0 Å². The predicted molar refractivity (Wildman–Crippen MR) is 117 cm³/mol. The van der Waals surface area contributed by atoms with E-state index in [9.17, 15) is 4.79 Å². The van der Waals surface area contributed by atoms with Gasteiger partial charge in [-0.2, -0.15) is 0 Å². The molecule has 0 amide bonds. The van der Waals surface area contributed by atoms with Crippen LogP contribution < -0.4 is 9.16 Å². The van der Waals surface area contributed by atoms with Crippen molar-refractivity contribution in [1.29, 1.82) is 0 Å². The molecule has 4 heteroatoms. The summed E-state index contributed by atoms with van der Waals surface area (Å²) in [5.74, 6) is 1.63. The molecule has 0 N–H and O–H groups in total. The molecule has 28 heavy (non-hydrogen) atoms. The Kier molecular flexibility index (Phi) is 4.16. The normalized spacial score (nSPS) is 13.4. The molecule has 0 atom stereocenters. The fraction of sp³-hybridized carbons (Fsp3) is 0.292. The summed E-state index contributed by atoms with van der Waals surface area (Å²) in [6, 6.07) is 15.8. The Labute approximate surface area is 167 Å². The van der Waals surface area contributed by atoms with E-state index in [0.717, 1.165) is 44.5 Å². The average molecular weight is 391 g/mol. The van der Waals surface area contributed by atoms with Crippen LogP contribution in [0.1, 0.15) is 36.7 Å². The number of fused-ring (bicyclic) bond motifs is 5. The highest BCUT2D eigenvalue weighted by atomic mass is 28.4. The van der Waals surface area contributed by atoms with Crippen LogP contribution in [0.5, 0.6) is 11.5 Å². The quantitative estimate of drug-likeness (QED) is 0.377. The van der Waals surface area contributed by atoms with Gasteiger partial charge in [0.15, 0.2) is 5.78 Å². The lowest BCUT2D eigenvalue weighted by atomic mass is 9.97. The third-order valence-corrected chi connectivity index (χ3v) is 10.5. The first-order chi connectivity index (χ1) is 13.1. The fourth-order valence-electron chi connectivity index (χ4n) is 3.52. The highest BCUT2D eigenvalue weighted by Gasteiger charge is 2.40. The van der Waals surface area contributed by atoms with Crippen molar-refractivity contribution in [2.75, 3.05) is 7.11 Å². The molecule has 0 saturated carbocycles. The van der Waals surface area contributed by atoms with Crippen molar-refractivity contribution in [3.8, 4) is 22.6 Å². The van der Waals surface area contributed by atoms with Crippen LogP contribution in [0, 0.1) is 0 Å². The molecule has 3 nitrogen and oxygen atoms in total. The zero-order valence-electron chi connectivity index (χ0n) is 17.3. The molecule has 0 bridgehead atoms. The molecule has 0 aromatic heterocycles. The second kappa shape index (κ2) is 6.21. The first-order valence-electron chi connectivity index (χ1n) is 9.62. The molecule has 4 rings (SSSR count). The van der Waals surface area contributed by atoms with E-state index in [4.69, 9.17) is 9.16 Å². The highest BCUT2D eigenvalue weighted by Crippen LogP contribution is 2.47. The number of rotatable bonds is 3. The van der Waals surface area contributed by atoms with E-state index in [1.807, 2.05) is 48.5 Å². The number of benzene rings is 3. The minimum atomic E-state index is -2.08. The van der Waals surface area contributed by atoms with Crippen LogP contribution in [0.25, 0.3) is 21.9 Å². The lowest BCUT2D eigenvalue weighted by Crippen LogP contribution is -2.43. The van der Waals surface area contributed by atoms with Crippen molar-refractivity contribution < 1.29 is 14.0 Å². The van der Waals surface area contributed by atoms with Gasteiger partial charge in [0, 0.05) is 22.1 Å². The third kappa shape index (κ3) is 2.75. The molecule has 0 spiro atoms. The molecule has 0 unspecified atom stereocenters. The lowest BCUT2D eigenvalue weighted by molar-refractivity contribution is 0.104. The summed E-state index contributed by atoms with van der Waals surface area (Å²) < 4.78 is 12.2. The minimum Gasteiger partial charge on any atom is -0.543 e. The van der Waals surface area contributed by atoms with Gasteiger partial charge in [-0.3, -0.25) is 4.79 Å². The molecule has 1 aliphatic rings. The van der Waals surface area contributed by atoms with Crippen LogP contribution in [-0.4, -0.2) is 21.2 Å². The molecule has 3 aromatic rings. The number of ketones is 1. The number of hydrogen-bond donors (Lipinski definition) is 0. The van der Waals surface area contributed by atoms with Gasteiger partial charge < -0.3 is 9.16 Å². The zero-order valence-corrected chi connectivity index (χ0v) is 18.3. The molecule has 0 radical (unpaired) electrons. The maximum Gasteiger partial charge on any atom is 0.250 e. The first kappa shape index (κ1) is 18.8. The number of methoxy groups -OCH3 is 1. The summed E-state index contributed by atoms with van der Waals surface area (Å²) in [5.41, 5.74) is 3.49. The topological polar surface area (TPSA) is 35.5 Å². The fourth-order valence-corrected chi connectivity index (χ4v) is 4.55.